The highest BCUT2D eigenvalue weighted by Gasteiger charge is 2.24. The van der Waals surface area contributed by atoms with Crippen molar-refractivity contribution in [1.29, 1.82) is 5.26 Å². The van der Waals surface area contributed by atoms with E-state index in [-0.39, 0.29) is 11.5 Å². The summed E-state index contributed by atoms with van der Waals surface area (Å²) in [6.45, 7) is 3.48. The number of aromatic nitrogens is 1. The van der Waals surface area contributed by atoms with Gasteiger partial charge in [-0.1, -0.05) is 19.1 Å². The van der Waals surface area contributed by atoms with Crippen LogP contribution < -0.4 is 4.90 Å². The lowest BCUT2D eigenvalue weighted by atomic mass is 10.1. The van der Waals surface area contributed by atoms with Crippen LogP contribution in [-0.4, -0.2) is 56.4 Å². The number of amidine groups is 1. The Bertz CT molecular complexity index is 1210. The SMILES string of the molecule is CCCS(=O)(=O)Cc1cccc(N(C)c2cc3c(cn2)N=CN2CCCN=C32)c1C#N. The molecule has 0 atom stereocenters. The molecule has 1 aromatic carbocycles. The van der Waals surface area contributed by atoms with Gasteiger partial charge in [0.25, 0.3) is 0 Å². The van der Waals surface area contributed by atoms with Gasteiger partial charge in [-0.15, -0.1) is 0 Å². The van der Waals surface area contributed by atoms with Crippen LogP contribution in [0.3, 0.4) is 0 Å². The fraction of sp³-hybridized carbons (Fsp3) is 0.364. The minimum absolute atomic E-state index is 0.101. The van der Waals surface area contributed by atoms with Crippen molar-refractivity contribution in [3.8, 4) is 6.07 Å². The highest BCUT2D eigenvalue weighted by molar-refractivity contribution is 7.90. The van der Waals surface area contributed by atoms with Gasteiger partial charge in [-0.2, -0.15) is 5.26 Å². The lowest BCUT2D eigenvalue weighted by Gasteiger charge is -2.30. The van der Waals surface area contributed by atoms with Crippen LogP contribution >= 0.6 is 0 Å². The Labute approximate surface area is 182 Å². The molecular weight excluding hydrogens is 412 g/mol. The third-order valence-corrected chi connectivity index (χ3v) is 7.15. The predicted molar refractivity (Wildman–Crippen MR) is 122 cm³/mol. The van der Waals surface area contributed by atoms with Crippen molar-refractivity contribution >= 4 is 39.2 Å². The summed E-state index contributed by atoms with van der Waals surface area (Å²) in [4.78, 5) is 17.5. The van der Waals surface area contributed by atoms with Gasteiger partial charge in [0.15, 0.2) is 9.84 Å². The number of benzene rings is 1. The van der Waals surface area contributed by atoms with Gasteiger partial charge >= 0.3 is 0 Å². The zero-order chi connectivity index (χ0) is 22.0. The van der Waals surface area contributed by atoms with E-state index in [4.69, 9.17) is 0 Å². The predicted octanol–water partition coefficient (Wildman–Crippen LogP) is 3.17. The summed E-state index contributed by atoms with van der Waals surface area (Å²) in [5, 5.41) is 9.83. The van der Waals surface area contributed by atoms with Gasteiger partial charge in [-0.05, 0) is 30.5 Å². The van der Waals surface area contributed by atoms with Crippen molar-refractivity contribution < 1.29 is 8.42 Å². The van der Waals surface area contributed by atoms with Crippen LogP contribution in [0.15, 0.2) is 40.4 Å². The molecule has 0 radical (unpaired) electrons. The number of pyridine rings is 1. The van der Waals surface area contributed by atoms with Crippen LogP contribution in [0.4, 0.5) is 17.2 Å². The standard InChI is InChI=1S/C22H24N6O2S/c1-3-10-31(29,30)14-16-6-4-7-20(18(16)12-23)27(2)21-11-17-19(13-25-21)26-15-28-9-5-8-24-22(17)28/h4,6-7,11,13,15H,3,5,8-10,14H2,1-2H3. The molecule has 160 valence electrons. The van der Waals surface area contributed by atoms with Crippen molar-refractivity contribution in [2.45, 2.75) is 25.5 Å². The van der Waals surface area contributed by atoms with Crippen LogP contribution in [0.5, 0.6) is 0 Å². The number of sulfone groups is 1. The Morgan fingerprint density at radius 3 is 2.94 bits per heavy atom. The van der Waals surface area contributed by atoms with Gasteiger partial charge in [0.05, 0.1) is 41.0 Å². The molecule has 2 aliphatic heterocycles. The number of fused-ring (bicyclic) bond motifs is 3. The highest BCUT2D eigenvalue weighted by atomic mass is 32.2. The summed E-state index contributed by atoms with van der Waals surface area (Å²) >= 11 is 0. The molecule has 9 heteroatoms. The van der Waals surface area contributed by atoms with Gasteiger partial charge in [0, 0.05) is 25.7 Å². The average Bonchev–Trinajstić information content (AvgIpc) is 2.77. The van der Waals surface area contributed by atoms with E-state index < -0.39 is 9.84 Å². The Balaban J connectivity index is 1.72. The molecule has 0 amide bonds. The Morgan fingerprint density at radius 2 is 2.16 bits per heavy atom. The first-order valence-electron chi connectivity index (χ1n) is 10.3. The largest absolute Gasteiger partial charge is 0.328 e. The number of nitrogens with zero attached hydrogens (tertiary/aromatic N) is 6. The Hall–Kier alpha value is -3.25. The molecule has 0 N–H and O–H groups in total. The van der Waals surface area contributed by atoms with Gasteiger partial charge in [-0.25, -0.2) is 18.4 Å². The lowest BCUT2D eigenvalue weighted by molar-refractivity contribution is 0.558. The van der Waals surface area contributed by atoms with Crippen LogP contribution in [0, 0.1) is 11.3 Å². The number of nitriles is 1. The molecule has 0 aliphatic carbocycles. The summed E-state index contributed by atoms with van der Waals surface area (Å²) < 4.78 is 24.7. The lowest BCUT2D eigenvalue weighted by Crippen LogP contribution is -2.37. The second-order valence-corrected chi connectivity index (χ2v) is 9.81. The number of rotatable bonds is 6. The van der Waals surface area contributed by atoms with Gasteiger partial charge in [0.1, 0.15) is 17.7 Å². The molecule has 31 heavy (non-hydrogen) atoms. The van der Waals surface area contributed by atoms with Crippen LogP contribution in [0.25, 0.3) is 0 Å². The smallest absolute Gasteiger partial charge is 0.154 e. The molecule has 3 heterocycles. The van der Waals surface area contributed by atoms with Gasteiger partial charge in [0.2, 0.25) is 0 Å². The monoisotopic (exact) mass is 436 g/mol. The second kappa shape index (κ2) is 8.47. The molecule has 2 aliphatic rings. The zero-order valence-corrected chi connectivity index (χ0v) is 18.4. The van der Waals surface area contributed by atoms with Crippen LogP contribution in [0.2, 0.25) is 0 Å². The van der Waals surface area contributed by atoms with Crippen LogP contribution in [0.1, 0.15) is 36.5 Å². The Morgan fingerprint density at radius 1 is 1.32 bits per heavy atom. The van der Waals surface area contributed by atoms with E-state index in [0.29, 0.717) is 29.1 Å². The summed E-state index contributed by atoms with van der Waals surface area (Å²) in [6.07, 6.45) is 5.03. The van der Waals surface area contributed by atoms with Crippen molar-refractivity contribution in [2.75, 3.05) is 30.8 Å². The summed E-state index contributed by atoms with van der Waals surface area (Å²) in [5.74, 6) is 1.47. The molecule has 0 spiro atoms. The first-order chi connectivity index (χ1) is 14.9. The van der Waals surface area contributed by atoms with E-state index in [9.17, 15) is 13.7 Å². The molecule has 8 nitrogen and oxygen atoms in total. The van der Waals surface area contributed by atoms with E-state index >= 15 is 0 Å². The number of hydrogen-bond donors (Lipinski definition) is 0. The molecule has 0 saturated carbocycles. The summed E-state index contributed by atoms with van der Waals surface area (Å²) in [5.41, 5.74) is 3.12. The quantitative estimate of drug-likeness (QED) is 0.689. The average molecular weight is 437 g/mol. The van der Waals surface area contributed by atoms with E-state index in [0.717, 1.165) is 36.6 Å². The minimum Gasteiger partial charge on any atom is -0.328 e. The maximum absolute atomic E-state index is 12.3. The normalized spacial score (nSPS) is 15.0. The fourth-order valence-corrected chi connectivity index (χ4v) is 5.35. The minimum atomic E-state index is -3.27. The second-order valence-electron chi connectivity index (χ2n) is 7.63. The highest BCUT2D eigenvalue weighted by Crippen LogP contribution is 2.33. The molecule has 4 rings (SSSR count). The fourth-order valence-electron chi connectivity index (χ4n) is 3.87. The molecule has 0 saturated heterocycles. The van der Waals surface area contributed by atoms with E-state index in [1.165, 1.54) is 0 Å². The van der Waals surface area contributed by atoms with Gasteiger partial charge < -0.3 is 9.80 Å². The summed E-state index contributed by atoms with van der Waals surface area (Å²) in [6, 6.07) is 9.40. The first kappa shape index (κ1) is 21.0. The number of anilines is 2. The van der Waals surface area contributed by atoms with Crippen molar-refractivity contribution in [3.05, 3.63) is 47.2 Å². The van der Waals surface area contributed by atoms with E-state index in [1.807, 2.05) is 24.9 Å². The van der Waals surface area contributed by atoms with Crippen molar-refractivity contribution in [3.63, 3.8) is 0 Å². The topological polar surface area (TPSA) is 102 Å². The summed E-state index contributed by atoms with van der Waals surface area (Å²) in [7, 11) is -1.45. The van der Waals surface area contributed by atoms with Crippen molar-refractivity contribution in [2.24, 2.45) is 9.98 Å². The third-order valence-electron chi connectivity index (χ3n) is 5.37. The third kappa shape index (κ3) is 4.16. The zero-order valence-electron chi connectivity index (χ0n) is 17.6. The number of hydrogen-bond acceptors (Lipinski definition) is 8. The molecular formula is C22H24N6O2S. The Kier molecular flexibility index (Phi) is 5.74. The van der Waals surface area contributed by atoms with E-state index in [2.05, 4.69) is 21.0 Å². The molecule has 0 bridgehead atoms. The van der Waals surface area contributed by atoms with Gasteiger partial charge in [-0.3, -0.25) is 4.99 Å². The van der Waals surface area contributed by atoms with Crippen molar-refractivity contribution in [1.82, 2.24) is 9.88 Å². The molecule has 1 aromatic heterocycles. The first-order valence-corrected chi connectivity index (χ1v) is 12.1. The van der Waals surface area contributed by atoms with E-state index in [1.54, 1.807) is 35.6 Å². The molecule has 0 fully saturated rings. The molecule has 0 unspecified atom stereocenters. The maximum Gasteiger partial charge on any atom is 0.154 e. The molecule has 2 aromatic rings. The number of aliphatic imine (C=N–C) groups is 2. The van der Waals surface area contributed by atoms with Crippen LogP contribution in [-0.2, 0) is 15.6 Å². The maximum atomic E-state index is 12.3.